The Balaban J connectivity index is 2.67. The monoisotopic (exact) mass is 330 g/mol. The zero-order valence-corrected chi connectivity index (χ0v) is 12.3. The van der Waals surface area contributed by atoms with Crippen LogP contribution in [-0.4, -0.2) is 30.1 Å². The first-order valence-electron chi connectivity index (χ1n) is 5.76. The van der Waals surface area contributed by atoms with Crippen molar-refractivity contribution >= 4 is 27.5 Å². The predicted molar refractivity (Wildman–Crippen MR) is 74.2 cm³/mol. The lowest BCUT2D eigenvalue weighted by molar-refractivity contribution is -0.385. The van der Waals surface area contributed by atoms with Crippen LogP contribution in [0.25, 0.3) is 0 Å². The SMILES string of the molecule is CC(C)OCCNC(=O)c1cccc([N+](=O)[O-])c1Br. The first kappa shape index (κ1) is 15.6. The summed E-state index contributed by atoms with van der Waals surface area (Å²) in [6.45, 7) is 4.56. The second-order valence-corrected chi connectivity index (χ2v) is 4.86. The maximum absolute atomic E-state index is 11.9. The molecule has 0 fully saturated rings. The Labute approximate surface area is 119 Å². The molecule has 6 nitrogen and oxygen atoms in total. The smallest absolute Gasteiger partial charge is 0.284 e. The van der Waals surface area contributed by atoms with Gasteiger partial charge in [-0.25, -0.2) is 0 Å². The van der Waals surface area contributed by atoms with Gasteiger partial charge in [0, 0.05) is 12.6 Å². The molecule has 1 aromatic carbocycles. The topological polar surface area (TPSA) is 81.5 Å². The van der Waals surface area contributed by atoms with Crippen molar-refractivity contribution in [2.24, 2.45) is 0 Å². The average Bonchev–Trinajstić information content (AvgIpc) is 2.34. The Hall–Kier alpha value is -1.47. The van der Waals surface area contributed by atoms with Gasteiger partial charge >= 0.3 is 0 Å². The van der Waals surface area contributed by atoms with Crippen LogP contribution in [0.1, 0.15) is 24.2 Å². The molecule has 0 aliphatic heterocycles. The molecule has 104 valence electrons. The maximum Gasteiger partial charge on any atom is 0.284 e. The molecule has 0 spiro atoms. The number of nitro groups is 1. The van der Waals surface area contributed by atoms with Crippen LogP contribution in [0.3, 0.4) is 0 Å². The van der Waals surface area contributed by atoms with E-state index in [1.807, 2.05) is 13.8 Å². The van der Waals surface area contributed by atoms with Gasteiger partial charge in [0.25, 0.3) is 11.6 Å². The largest absolute Gasteiger partial charge is 0.377 e. The van der Waals surface area contributed by atoms with Gasteiger partial charge < -0.3 is 10.1 Å². The fourth-order valence-electron chi connectivity index (χ4n) is 1.39. The second kappa shape index (κ2) is 7.20. The number of amides is 1. The van der Waals surface area contributed by atoms with Crippen molar-refractivity contribution in [1.82, 2.24) is 5.32 Å². The Morgan fingerprint density at radius 2 is 2.21 bits per heavy atom. The summed E-state index contributed by atoms with van der Waals surface area (Å²) in [5, 5.41) is 13.4. The van der Waals surface area contributed by atoms with Gasteiger partial charge in [0.05, 0.1) is 23.2 Å². The van der Waals surface area contributed by atoms with Crippen molar-refractivity contribution in [1.29, 1.82) is 0 Å². The molecular weight excluding hydrogens is 316 g/mol. The molecule has 1 amide bonds. The molecule has 0 aliphatic rings. The molecule has 19 heavy (non-hydrogen) atoms. The van der Waals surface area contributed by atoms with Crippen molar-refractivity contribution < 1.29 is 14.5 Å². The van der Waals surface area contributed by atoms with Crippen molar-refractivity contribution in [3.05, 3.63) is 38.3 Å². The van der Waals surface area contributed by atoms with Gasteiger partial charge in [0.2, 0.25) is 0 Å². The van der Waals surface area contributed by atoms with E-state index in [1.165, 1.54) is 18.2 Å². The Kier molecular flexibility index (Phi) is 5.91. The number of rotatable bonds is 6. The highest BCUT2D eigenvalue weighted by Crippen LogP contribution is 2.28. The van der Waals surface area contributed by atoms with Crippen LogP contribution in [0.4, 0.5) is 5.69 Å². The number of nitrogens with one attached hydrogen (secondary N) is 1. The number of nitrogens with zero attached hydrogens (tertiary/aromatic N) is 1. The Bertz CT molecular complexity index is 477. The van der Waals surface area contributed by atoms with E-state index in [2.05, 4.69) is 21.2 Å². The molecule has 0 atom stereocenters. The minimum Gasteiger partial charge on any atom is -0.377 e. The molecule has 0 aromatic heterocycles. The second-order valence-electron chi connectivity index (χ2n) is 4.07. The van der Waals surface area contributed by atoms with Crippen LogP contribution in [0.5, 0.6) is 0 Å². The normalized spacial score (nSPS) is 10.5. The van der Waals surface area contributed by atoms with Crippen molar-refractivity contribution in [2.45, 2.75) is 20.0 Å². The number of nitro benzene ring substituents is 1. The third-order valence-electron chi connectivity index (χ3n) is 2.26. The van der Waals surface area contributed by atoms with E-state index >= 15 is 0 Å². The molecule has 0 heterocycles. The zero-order chi connectivity index (χ0) is 14.4. The third kappa shape index (κ3) is 4.60. The van der Waals surface area contributed by atoms with Crippen LogP contribution in [0.2, 0.25) is 0 Å². The van der Waals surface area contributed by atoms with Crippen molar-refractivity contribution in [3.8, 4) is 0 Å². The summed E-state index contributed by atoms with van der Waals surface area (Å²) < 4.78 is 5.47. The highest BCUT2D eigenvalue weighted by atomic mass is 79.9. The number of carbonyl (C=O) groups is 1. The first-order valence-corrected chi connectivity index (χ1v) is 6.55. The van der Waals surface area contributed by atoms with E-state index in [1.54, 1.807) is 0 Å². The molecule has 0 unspecified atom stereocenters. The molecule has 0 saturated carbocycles. The van der Waals surface area contributed by atoms with E-state index in [-0.39, 0.29) is 27.7 Å². The Morgan fingerprint density at radius 1 is 1.53 bits per heavy atom. The summed E-state index contributed by atoms with van der Waals surface area (Å²) in [5.41, 5.74) is 0.102. The summed E-state index contributed by atoms with van der Waals surface area (Å²) in [7, 11) is 0. The lowest BCUT2D eigenvalue weighted by Gasteiger charge is -2.09. The van der Waals surface area contributed by atoms with Crippen LogP contribution in [0, 0.1) is 10.1 Å². The van der Waals surface area contributed by atoms with Crippen molar-refractivity contribution in [3.63, 3.8) is 0 Å². The summed E-state index contributed by atoms with van der Waals surface area (Å²) in [6, 6.07) is 4.33. The maximum atomic E-state index is 11.9. The fourth-order valence-corrected chi connectivity index (χ4v) is 1.98. The Morgan fingerprint density at radius 3 is 2.79 bits per heavy atom. The molecule has 7 heteroatoms. The van der Waals surface area contributed by atoms with Gasteiger partial charge in [-0.1, -0.05) is 6.07 Å². The minimum absolute atomic E-state index is 0.0986. The lowest BCUT2D eigenvalue weighted by Crippen LogP contribution is -2.28. The van der Waals surface area contributed by atoms with Crippen LogP contribution < -0.4 is 5.32 Å². The molecule has 0 saturated heterocycles. The molecule has 0 radical (unpaired) electrons. The summed E-state index contributed by atoms with van der Waals surface area (Å²) in [5.74, 6) is -0.372. The van der Waals surface area contributed by atoms with Gasteiger partial charge in [-0.05, 0) is 35.8 Å². The number of hydrogen-bond donors (Lipinski definition) is 1. The third-order valence-corrected chi connectivity index (χ3v) is 3.09. The minimum atomic E-state index is -0.539. The summed E-state index contributed by atoms with van der Waals surface area (Å²) in [6.07, 6.45) is 0.0986. The molecule has 1 N–H and O–H groups in total. The lowest BCUT2D eigenvalue weighted by atomic mass is 10.2. The van der Waals surface area contributed by atoms with Gasteiger partial charge in [-0.2, -0.15) is 0 Å². The number of carbonyl (C=O) groups excluding carboxylic acids is 1. The predicted octanol–water partition coefficient (Wildman–Crippen LogP) is 2.51. The molecule has 0 bridgehead atoms. The zero-order valence-electron chi connectivity index (χ0n) is 10.7. The highest BCUT2D eigenvalue weighted by Gasteiger charge is 2.18. The van der Waals surface area contributed by atoms with E-state index in [4.69, 9.17) is 4.74 Å². The number of benzene rings is 1. The standard InChI is InChI=1S/C12H15BrN2O4/c1-8(2)19-7-6-14-12(16)9-4-3-5-10(11(9)13)15(17)18/h3-5,8H,6-7H2,1-2H3,(H,14,16). The molecule has 1 rings (SSSR count). The van der Waals surface area contributed by atoms with Crippen molar-refractivity contribution in [2.75, 3.05) is 13.2 Å². The number of ether oxygens (including phenoxy) is 1. The van der Waals surface area contributed by atoms with Crippen LogP contribution in [0.15, 0.2) is 22.7 Å². The molecule has 0 aliphatic carbocycles. The average molecular weight is 331 g/mol. The quantitative estimate of drug-likeness (QED) is 0.493. The number of halogens is 1. The van der Waals surface area contributed by atoms with Crippen LogP contribution >= 0.6 is 15.9 Å². The fraction of sp³-hybridized carbons (Fsp3) is 0.417. The van der Waals surface area contributed by atoms with E-state index in [0.717, 1.165) is 0 Å². The highest BCUT2D eigenvalue weighted by molar-refractivity contribution is 9.10. The van der Waals surface area contributed by atoms with Crippen LogP contribution in [-0.2, 0) is 4.74 Å². The van der Waals surface area contributed by atoms with Gasteiger partial charge in [-0.3, -0.25) is 14.9 Å². The number of hydrogen-bond acceptors (Lipinski definition) is 4. The first-order chi connectivity index (χ1) is 8.93. The summed E-state index contributed by atoms with van der Waals surface area (Å²) in [4.78, 5) is 22.1. The van der Waals surface area contributed by atoms with E-state index < -0.39 is 4.92 Å². The molecule has 1 aromatic rings. The van der Waals surface area contributed by atoms with Gasteiger partial charge in [-0.15, -0.1) is 0 Å². The molecular formula is C12H15BrN2O4. The van der Waals surface area contributed by atoms with Gasteiger partial charge in [0.15, 0.2) is 0 Å². The summed E-state index contributed by atoms with van der Waals surface area (Å²) >= 11 is 3.08. The van der Waals surface area contributed by atoms with E-state index in [9.17, 15) is 14.9 Å². The van der Waals surface area contributed by atoms with Gasteiger partial charge in [0.1, 0.15) is 4.47 Å². The van der Waals surface area contributed by atoms with E-state index in [0.29, 0.717) is 13.2 Å².